The molecule has 2 aromatic carbocycles. The predicted molar refractivity (Wildman–Crippen MR) is 97.3 cm³/mol. The first-order valence-corrected chi connectivity index (χ1v) is 8.44. The van der Waals surface area contributed by atoms with E-state index in [-0.39, 0.29) is 18.0 Å². The van der Waals surface area contributed by atoms with Crippen LogP contribution in [0.5, 0.6) is 0 Å². The number of benzene rings is 2. The van der Waals surface area contributed by atoms with Crippen LogP contribution in [0.3, 0.4) is 0 Å². The van der Waals surface area contributed by atoms with Crippen LogP contribution in [0.2, 0.25) is 0 Å². The molecule has 0 atom stereocenters. The zero-order valence-corrected chi connectivity index (χ0v) is 13.9. The van der Waals surface area contributed by atoms with Gasteiger partial charge in [0.05, 0.1) is 0 Å². The van der Waals surface area contributed by atoms with Crippen LogP contribution in [0.15, 0.2) is 60.7 Å². The average molecular weight is 338 g/mol. The van der Waals surface area contributed by atoms with Gasteiger partial charge < -0.3 is 10.2 Å². The zero-order chi connectivity index (χ0) is 17.5. The van der Waals surface area contributed by atoms with E-state index in [2.05, 4.69) is 33.2 Å². The first kappa shape index (κ1) is 16.8. The second-order valence-electron chi connectivity index (χ2n) is 6.02. The third kappa shape index (κ3) is 4.73. The van der Waals surface area contributed by atoms with Gasteiger partial charge in [-0.2, -0.15) is 0 Å². The number of carbonyl (C=O) groups is 2. The SMILES string of the molecule is O=C(NNC(=O)c1ccccc1)NC1CCN(c2ccccc2)CC1. The summed E-state index contributed by atoms with van der Waals surface area (Å²) in [4.78, 5) is 26.1. The summed E-state index contributed by atoms with van der Waals surface area (Å²) < 4.78 is 0. The third-order valence-corrected chi connectivity index (χ3v) is 4.28. The smallest absolute Gasteiger partial charge is 0.333 e. The Bertz CT molecular complexity index is 698. The summed E-state index contributed by atoms with van der Waals surface area (Å²) in [5.41, 5.74) is 6.53. The van der Waals surface area contributed by atoms with Gasteiger partial charge in [-0.3, -0.25) is 10.2 Å². The van der Waals surface area contributed by atoms with Crippen molar-refractivity contribution < 1.29 is 9.59 Å². The molecule has 0 spiro atoms. The molecule has 1 aliphatic rings. The van der Waals surface area contributed by atoms with Crippen molar-refractivity contribution in [3.05, 3.63) is 66.2 Å². The number of carbonyl (C=O) groups excluding carboxylic acids is 2. The van der Waals surface area contributed by atoms with Crippen molar-refractivity contribution in [2.24, 2.45) is 0 Å². The number of hydrogen-bond acceptors (Lipinski definition) is 3. The fourth-order valence-corrected chi connectivity index (χ4v) is 2.92. The third-order valence-electron chi connectivity index (χ3n) is 4.28. The summed E-state index contributed by atoms with van der Waals surface area (Å²) in [6.45, 7) is 1.79. The van der Waals surface area contributed by atoms with Crippen LogP contribution < -0.4 is 21.1 Å². The second kappa shape index (κ2) is 8.19. The Labute approximate surface area is 147 Å². The molecule has 1 saturated heterocycles. The highest BCUT2D eigenvalue weighted by atomic mass is 16.2. The van der Waals surface area contributed by atoms with Crippen LogP contribution in [0.4, 0.5) is 10.5 Å². The molecule has 6 nitrogen and oxygen atoms in total. The van der Waals surface area contributed by atoms with Gasteiger partial charge in [-0.05, 0) is 37.1 Å². The number of hydrogen-bond donors (Lipinski definition) is 3. The minimum atomic E-state index is -0.387. The molecule has 0 bridgehead atoms. The van der Waals surface area contributed by atoms with E-state index in [1.54, 1.807) is 24.3 Å². The Balaban J connectivity index is 1.40. The van der Waals surface area contributed by atoms with Crippen molar-refractivity contribution in [3.63, 3.8) is 0 Å². The standard InChI is InChI=1S/C19H22N4O2/c24-18(15-7-3-1-4-8-15)21-22-19(25)20-16-11-13-23(14-12-16)17-9-5-2-6-10-17/h1-10,16H,11-14H2,(H,21,24)(H2,20,22,25). The lowest BCUT2D eigenvalue weighted by atomic mass is 10.0. The van der Waals surface area contributed by atoms with Crippen LogP contribution >= 0.6 is 0 Å². The van der Waals surface area contributed by atoms with Gasteiger partial charge in [-0.15, -0.1) is 0 Å². The highest BCUT2D eigenvalue weighted by Crippen LogP contribution is 2.19. The molecule has 2 aromatic rings. The van der Waals surface area contributed by atoms with Crippen molar-refractivity contribution in [1.29, 1.82) is 0 Å². The van der Waals surface area contributed by atoms with Gasteiger partial charge in [0, 0.05) is 30.4 Å². The van der Waals surface area contributed by atoms with Gasteiger partial charge in [0.25, 0.3) is 5.91 Å². The van der Waals surface area contributed by atoms with Crippen molar-refractivity contribution in [2.75, 3.05) is 18.0 Å². The molecule has 3 rings (SSSR count). The number of amides is 3. The van der Waals surface area contributed by atoms with E-state index in [4.69, 9.17) is 0 Å². The minimum Gasteiger partial charge on any atom is -0.371 e. The lowest BCUT2D eigenvalue weighted by Crippen LogP contribution is -2.52. The molecule has 0 aromatic heterocycles. The highest BCUT2D eigenvalue weighted by molar-refractivity contribution is 5.95. The summed E-state index contributed by atoms with van der Waals surface area (Å²) in [7, 11) is 0. The number of anilines is 1. The number of nitrogens with zero attached hydrogens (tertiary/aromatic N) is 1. The maximum Gasteiger partial charge on any atom is 0.333 e. The molecule has 0 radical (unpaired) electrons. The lowest BCUT2D eigenvalue weighted by Gasteiger charge is -2.33. The maximum atomic E-state index is 11.9. The van der Waals surface area contributed by atoms with Gasteiger partial charge in [0.15, 0.2) is 0 Å². The minimum absolute atomic E-state index is 0.105. The van der Waals surface area contributed by atoms with Crippen LogP contribution in [-0.4, -0.2) is 31.1 Å². The molecule has 0 unspecified atom stereocenters. The number of piperidine rings is 1. The molecule has 1 fully saturated rings. The molecule has 25 heavy (non-hydrogen) atoms. The largest absolute Gasteiger partial charge is 0.371 e. The maximum absolute atomic E-state index is 11.9. The molecule has 3 N–H and O–H groups in total. The average Bonchev–Trinajstić information content (AvgIpc) is 2.68. The quantitative estimate of drug-likeness (QED) is 0.752. The number of urea groups is 1. The fraction of sp³-hybridized carbons (Fsp3) is 0.263. The van der Waals surface area contributed by atoms with Crippen LogP contribution in [0, 0.1) is 0 Å². The molecular weight excluding hydrogens is 316 g/mol. The summed E-state index contributed by atoms with van der Waals surface area (Å²) in [5.74, 6) is -0.338. The van der Waals surface area contributed by atoms with E-state index in [1.165, 1.54) is 5.69 Å². The Hall–Kier alpha value is -3.02. The zero-order valence-electron chi connectivity index (χ0n) is 13.9. The van der Waals surface area contributed by atoms with E-state index < -0.39 is 0 Å². The number of hydrazine groups is 1. The molecule has 1 aliphatic heterocycles. The van der Waals surface area contributed by atoms with Gasteiger partial charge in [-0.25, -0.2) is 10.2 Å². The molecular formula is C19H22N4O2. The molecule has 1 heterocycles. The van der Waals surface area contributed by atoms with E-state index in [0.717, 1.165) is 25.9 Å². The number of nitrogens with one attached hydrogen (secondary N) is 3. The molecule has 130 valence electrons. The molecule has 6 heteroatoms. The molecule has 0 saturated carbocycles. The van der Waals surface area contributed by atoms with Gasteiger partial charge in [-0.1, -0.05) is 36.4 Å². The van der Waals surface area contributed by atoms with Crippen molar-refractivity contribution in [2.45, 2.75) is 18.9 Å². The molecule has 0 aliphatic carbocycles. The lowest BCUT2D eigenvalue weighted by molar-refractivity contribution is 0.0935. The number of rotatable bonds is 3. The Morgan fingerprint density at radius 3 is 2.08 bits per heavy atom. The number of para-hydroxylation sites is 1. The first-order valence-electron chi connectivity index (χ1n) is 8.44. The second-order valence-corrected chi connectivity index (χ2v) is 6.02. The van der Waals surface area contributed by atoms with E-state index >= 15 is 0 Å². The summed E-state index contributed by atoms with van der Waals surface area (Å²) in [5, 5.41) is 2.91. The van der Waals surface area contributed by atoms with E-state index in [1.807, 2.05) is 24.3 Å². The van der Waals surface area contributed by atoms with Gasteiger partial charge in [0.2, 0.25) is 0 Å². The normalized spacial score (nSPS) is 14.6. The summed E-state index contributed by atoms with van der Waals surface area (Å²) in [6, 6.07) is 18.7. The highest BCUT2D eigenvalue weighted by Gasteiger charge is 2.20. The van der Waals surface area contributed by atoms with Crippen molar-refractivity contribution >= 4 is 17.6 Å². The first-order chi connectivity index (χ1) is 12.2. The van der Waals surface area contributed by atoms with Gasteiger partial charge in [0.1, 0.15) is 0 Å². The molecule has 3 amide bonds. The summed E-state index contributed by atoms with van der Waals surface area (Å²) in [6.07, 6.45) is 1.74. The van der Waals surface area contributed by atoms with E-state index in [9.17, 15) is 9.59 Å². The van der Waals surface area contributed by atoms with Gasteiger partial charge >= 0.3 is 6.03 Å². The van der Waals surface area contributed by atoms with E-state index in [0.29, 0.717) is 5.56 Å². The van der Waals surface area contributed by atoms with Crippen molar-refractivity contribution in [1.82, 2.24) is 16.2 Å². The predicted octanol–water partition coefficient (Wildman–Crippen LogP) is 2.30. The Morgan fingerprint density at radius 2 is 1.44 bits per heavy atom. The summed E-state index contributed by atoms with van der Waals surface area (Å²) >= 11 is 0. The Kier molecular flexibility index (Phi) is 5.51. The Morgan fingerprint density at radius 1 is 0.840 bits per heavy atom. The van der Waals surface area contributed by atoms with Crippen molar-refractivity contribution in [3.8, 4) is 0 Å². The topological polar surface area (TPSA) is 73.5 Å². The monoisotopic (exact) mass is 338 g/mol. The fourth-order valence-electron chi connectivity index (χ4n) is 2.92. The van der Waals surface area contributed by atoms with Crippen LogP contribution in [-0.2, 0) is 0 Å². The van der Waals surface area contributed by atoms with Crippen LogP contribution in [0.25, 0.3) is 0 Å². The van der Waals surface area contributed by atoms with Crippen LogP contribution in [0.1, 0.15) is 23.2 Å².